The number of carbonyl (C=O) groups excluding carboxylic acids is 1. The molecule has 1 N–H and O–H groups in total. The van der Waals surface area contributed by atoms with E-state index >= 15 is 0 Å². The highest BCUT2D eigenvalue weighted by molar-refractivity contribution is 5.98. The van der Waals surface area contributed by atoms with Gasteiger partial charge in [-0.15, -0.1) is 0 Å². The number of aliphatic carboxylic acids is 1. The van der Waals surface area contributed by atoms with Crippen LogP contribution in [0.4, 0.5) is 0 Å². The summed E-state index contributed by atoms with van der Waals surface area (Å²) in [7, 11) is 1.58. The number of aromatic nitrogens is 2. The Morgan fingerprint density at radius 1 is 1.12 bits per heavy atom. The summed E-state index contributed by atoms with van der Waals surface area (Å²) < 4.78 is 0. The highest BCUT2D eigenvalue weighted by Crippen LogP contribution is 2.34. The van der Waals surface area contributed by atoms with E-state index in [4.69, 9.17) is 0 Å². The Labute approximate surface area is 152 Å². The standard InChI is InChI=1S/C20H23N3O3/c1-14-16(13-21-17(22-14)15-9-5-3-6-10-15)18(24)23(2)20(19(25)26)11-7-4-8-12-20/h3,5-6,9-10,13H,4,7-8,11-12H2,1-2H3,(H,25,26). The van der Waals surface area contributed by atoms with Crippen molar-refractivity contribution < 1.29 is 14.7 Å². The van der Waals surface area contributed by atoms with Crippen LogP contribution in [-0.2, 0) is 4.79 Å². The second-order valence-corrected chi connectivity index (χ2v) is 6.82. The molecule has 26 heavy (non-hydrogen) atoms. The predicted molar refractivity (Wildman–Crippen MR) is 97.8 cm³/mol. The van der Waals surface area contributed by atoms with Gasteiger partial charge in [0.05, 0.1) is 11.3 Å². The molecule has 0 atom stereocenters. The molecule has 1 heterocycles. The second-order valence-electron chi connectivity index (χ2n) is 6.82. The van der Waals surface area contributed by atoms with E-state index in [2.05, 4.69) is 9.97 Å². The van der Waals surface area contributed by atoms with E-state index in [1.54, 1.807) is 14.0 Å². The molecule has 1 saturated carbocycles. The summed E-state index contributed by atoms with van der Waals surface area (Å²) in [6.07, 6.45) is 5.09. The molecular formula is C20H23N3O3. The largest absolute Gasteiger partial charge is 0.479 e. The van der Waals surface area contributed by atoms with E-state index < -0.39 is 11.5 Å². The lowest BCUT2D eigenvalue weighted by Crippen LogP contribution is -2.56. The molecule has 0 unspecified atom stereocenters. The van der Waals surface area contributed by atoms with Gasteiger partial charge in [0.15, 0.2) is 5.82 Å². The van der Waals surface area contributed by atoms with Gasteiger partial charge in [0.1, 0.15) is 5.54 Å². The minimum Gasteiger partial charge on any atom is -0.479 e. The number of carboxylic acid groups (broad SMARTS) is 1. The van der Waals surface area contributed by atoms with Crippen LogP contribution in [0.1, 0.15) is 48.2 Å². The smallest absolute Gasteiger partial charge is 0.329 e. The number of carboxylic acids is 1. The van der Waals surface area contributed by atoms with E-state index in [0.717, 1.165) is 24.8 Å². The number of hydrogen-bond acceptors (Lipinski definition) is 4. The van der Waals surface area contributed by atoms with E-state index in [-0.39, 0.29) is 5.91 Å². The molecule has 1 amide bonds. The molecule has 0 radical (unpaired) electrons. The Morgan fingerprint density at radius 3 is 2.35 bits per heavy atom. The molecule has 2 aromatic rings. The maximum atomic E-state index is 13.0. The first kappa shape index (κ1) is 18.0. The van der Waals surface area contributed by atoms with Crippen molar-refractivity contribution in [3.8, 4) is 11.4 Å². The predicted octanol–water partition coefficient (Wildman–Crippen LogP) is 3.31. The fraction of sp³-hybridized carbons (Fsp3) is 0.400. The quantitative estimate of drug-likeness (QED) is 0.912. The molecule has 136 valence electrons. The molecule has 1 aliphatic carbocycles. The third-order valence-corrected chi connectivity index (χ3v) is 5.27. The highest BCUT2D eigenvalue weighted by Gasteiger charge is 2.45. The highest BCUT2D eigenvalue weighted by atomic mass is 16.4. The number of carbonyl (C=O) groups is 2. The van der Waals surface area contributed by atoms with Crippen molar-refractivity contribution in [3.63, 3.8) is 0 Å². The van der Waals surface area contributed by atoms with Crippen LogP contribution in [0.25, 0.3) is 11.4 Å². The van der Waals surface area contributed by atoms with Gasteiger partial charge in [0.2, 0.25) is 0 Å². The fourth-order valence-corrected chi connectivity index (χ4v) is 3.61. The number of amides is 1. The topological polar surface area (TPSA) is 83.4 Å². The zero-order chi connectivity index (χ0) is 18.7. The molecule has 0 aliphatic heterocycles. The molecule has 1 aliphatic rings. The molecule has 0 saturated heterocycles. The third kappa shape index (κ3) is 3.19. The van der Waals surface area contributed by atoms with Gasteiger partial charge in [-0.25, -0.2) is 14.8 Å². The van der Waals surface area contributed by atoms with Crippen LogP contribution in [0.2, 0.25) is 0 Å². The maximum absolute atomic E-state index is 13.0. The summed E-state index contributed by atoms with van der Waals surface area (Å²) in [5.74, 6) is -0.730. The van der Waals surface area contributed by atoms with Gasteiger partial charge in [-0.2, -0.15) is 0 Å². The van der Waals surface area contributed by atoms with Gasteiger partial charge in [-0.3, -0.25) is 4.79 Å². The van der Waals surface area contributed by atoms with Crippen molar-refractivity contribution in [2.45, 2.75) is 44.6 Å². The van der Waals surface area contributed by atoms with Crippen LogP contribution in [0, 0.1) is 6.92 Å². The first-order valence-electron chi connectivity index (χ1n) is 8.86. The van der Waals surface area contributed by atoms with Crippen LogP contribution in [0.5, 0.6) is 0 Å². The zero-order valence-corrected chi connectivity index (χ0v) is 15.1. The number of aryl methyl sites for hydroxylation is 1. The summed E-state index contributed by atoms with van der Waals surface area (Å²) in [4.78, 5) is 35.1. The van der Waals surface area contributed by atoms with Crippen LogP contribution in [-0.4, -0.2) is 44.4 Å². The van der Waals surface area contributed by atoms with Crippen molar-refractivity contribution in [1.29, 1.82) is 0 Å². The maximum Gasteiger partial charge on any atom is 0.329 e. The zero-order valence-electron chi connectivity index (χ0n) is 15.1. The Bertz CT molecular complexity index is 814. The average Bonchev–Trinajstić information content (AvgIpc) is 2.68. The van der Waals surface area contributed by atoms with Gasteiger partial charge >= 0.3 is 5.97 Å². The lowest BCUT2D eigenvalue weighted by Gasteiger charge is -2.41. The van der Waals surface area contributed by atoms with Crippen molar-refractivity contribution in [3.05, 3.63) is 47.8 Å². The average molecular weight is 353 g/mol. The Kier molecular flexibility index (Phi) is 5.02. The van der Waals surface area contributed by atoms with Gasteiger partial charge in [0, 0.05) is 18.8 Å². The molecule has 1 aromatic carbocycles. The summed E-state index contributed by atoms with van der Waals surface area (Å²) in [5, 5.41) is 9.79. The van der Waals surface area contributed by atoms with Gasteiger partial charge < -0.3 is 10.0 Å². The SMILES string of the molecule is Cc1nc(-c2ccccc2)ncc1C(=O)N(C)C1(C(=O)O)CCCCC1. The molecule has 1 fully saturated rings. The normalized spacial score (nSPS) is 16.1. The molecule has 6 heteroatoms. The summed E-state index contributed by atoms with van der Waals surface area (Å²) in [5.41, 5.74) is 0.627. The van der Waals surface area contributed by atoms with E-state index in [0.29, 0.717) is 29.9 Å². The van der Waals surface area contributed by atoms with Crippen molar-refractivity contribution in [2.75, 3.05) is 7.05 Å². The lowest BCUT2D eigenvalue weighted by atomic mass is 9.80. The van der Waals surface area contributed by atoms with Gasteiger partial charge in [0.25, 0.3) is 5.91 Å². The van der Waals surface area contributed by atoms with Gasteiger partial charge in [-0.05, 0) is 19.8 Å². The van der Waals surface area contributed by atoms with Gasteiger partial charge in [-0.1, -0.05) is 49.6 Å². The summed E-state index contributed by atoms with van der Waals surface area (Å²) in [6, 6.07) is 9.54. The molecule has 3 rings (SSSR count). The van der Waals surface area contributed by atoms with Crippen molar-refractivity contribution in [1.82, 2.24) is 14.9 Å². The molecule has 0 spiro atoms. The number of likely N-dealkylation sites (N-methyl/N-ethyl adjacent to an activating group) is 1. The minimum absolute atomic E-state index is 0.341. The Morgan fingerprint density at radius 2 is 1.77 bits per heavy atom. The Balaban J connectivity index is 1.90. The number of nitrogens with zero attached hydrogens (tertiary/aromatic N) is 3. The first-order valence-corrected chi connectivity index (χ1v) is 8.86. The second kappa shape index (κ2) is 7.23. The van der Waals surface area contributed by atoms with E-state index in [1.807, 2.05) is 30.3 Å². The van der Waals surface area contributed by atoms with Crippen LogP contribution in [0.3, 0.4) is 0 Å². The summed E-state index contributed by atoms with van der Waals surface area (Å²) in [6.45, 7) is 1.75. The first-order chi connectivity index (χ1) is 12.5. The van der Waals surface area contributed by atoms with Crippen LogP contribution >= 0.6 is 0 Å². The molecular weight excluding hydrogens is 330 g/mol. The summed E-state index contributed by atoms with van der Waals surface area (Å²) >= 11 is 0. The van der Waals surface area contributed by atoms with Crippen LogP contribution in [0.15, 0.2) is 36.5 Å². The number of benzene rings is 1. The van der Waals surface area contributed by atoms with E-state index in [1.165, 1.54) is 11.1 Å². The number of hydrogen-bond donors (Lipinski definition) is 1. The monoisotopic (exact) mass is 353 g/mol. The van der Waals surface area contributed by atoms with Crippen molar-refractivity contribution in [2.24, 2.45) is 0 Å². The molecule has 1 aromatic heterocycles. The van der Waals surface area contributed by atoms with E-state index in [9.17, 15) is 14.7 Å². The van der Waals surface area contributed by atoms with Crippen LogP contribution < -0.4 is 0 Å². The molecule has 6 nitrogen and oxygen atoms in total. The Hall–Kier alpha value is -2.76. The lowest BCUT2D eigenvalue weighted by molar-refractivity contribution is -0.151. The minimum atomic E-state index is -1.14. The fourth-order valence-electron chi connectivity index (χ4n) is 3.61. The third-order valence-electron chi connectivity index (χ3n) is 5.27. The van der Waals surface area contributed by atoms with Crippen molar-refractivity contribution >= 4 is 11.9 Å². The molecule has 0 bridgehead atoms. The number of rotatable bonds is 4.